The molecule has 0 radical (unpaired) electrons. The van der Waals surface area contributed by atoms with Gasteiger partial charge in [0.2, 0.25) is 5.91 Å². The molecule has 14 heavy (non-hydrogen) atoms. The van der Waals surface area contributed by atoms with E-state index in [9.17, 15) is 4.79 Å². The summed E-state index contributed by atoms with van der Waals surface area (Å²) in [4.78, 5) is 10.9. The van der Waals surface area contributed by atoms with Crippen LogP contribution in [0.2, 0.25) is 5.02 Å². The number of carbonyl (C=O) groups is 1. The van der Waals surface area contributed by atoms with Crippen LogP contribution in [0.4, 0.5) is 0 Å². The third-order valence-corrected chi connectivity index (χ3v) is 2.00. The third kappa shape index (κ3) is 3.79. The van der Waals surface area contributed by atoms with E-state index in [2.05, 4.69) is 10.4 Å². The van der Waals surface area contributed by atoms with Gasteiger partial charge >= 0.3 is 0 Å². The molecule has 0 bridgehead atoms. The Bertz CT molecular complexity index is 298. The average Bonchev–Trinajstić information content (AvgIpc) is 2.58. The molecule has 5 heteroatoms. The summed E-state index contributed by atoms with van der Waals surface area (Å²) in [7, 11) is 0. The molecule has 1 aromatic heterocycles. The Labute approximate surface area is 88.2 Å². The lowest BCUT2D eigenvalue weighted by Gasteiger charge is -2.03. The van der Waals surface area contributed by atoms with Crippen molar-refractivity contribution in [2.45, 2.75) is 26.3 Å². The second-order valence-corrected chi connectivity index (χ2v) is 3.42. The van der Waals surface area contributed by atoms with Crippen LogP contribution in [0.5, 0.6) is 0 Å². The Morgan fingerprint density at radius 2 is 2.50 bits per heavy atom. The number of rotatable bonds is 5. The zero-order chi connectivity index (χ0) is 10.4. The molecule has 1 aromatic rings. The average molecular weight is 216 g/mol. The molecule has 0 fully saturated rings. The van der Waals surface area contributed by atoms with E-state index in [1.54, 1.807) is 17.1 Å². The van der Waals surface area contributed by atoms with Gasteiger partial charge in [0.05, 0.1) is 11.2 Å². The summed E-state index contributed by atoms with van der Waals surface area (Å²) in [5.74, 6) is 0.0866. The van der Waals surface area contributed by atoms with E-state index in [4.69, 9.17) is 11.6 Å². The first kappa shape index (κ1) is 11.0. The quantitative estimate of drug-likeness (QED) is 0.756. The van der Waals surface area contributed by atoms with Gasteiger partial charge in [-0.3, -0.25) is 9.48 Å². The smallest absolute Gasteiger partial charge is 0.219 e. The lowest BCUT2D eigenvalue weighted by molar-refractivity contribution is -0.120. The molecule has 0 aliphatic heterocycles. The second kappa shape index (κ2) is 5.65. The van der Waals surface area contributed by atoms with Crippen molar-refractivity contribution < 1.29 is 4.79 Å². The monoisotopic (exact) mass is 215 g/mol. The van der Waals surface area contributed by atoms with Crippen LogP contribution in [-0.2, 0) is 11.3 Å². The zero-order valence-corrected chi connectivity index (χ0v) is 8.92. The Balaban J connectivity index is 2.13. The van der Waals surface area contributed by atoms with E-state index in [0.29, 0.717) is 18.0 Å². The van der Waals surface area contributed by atoms with Crippen molar-refractivity contribution in [2.24, 2.45) is 0 Å². The van der Waals surface area contributed by atoms with E-state index in [1.807, 2.05) is 6.92 Å². The number of amides is 1. The molecule has 0 aromatic carbocycles. The molecule has 1 rings (SSSR count). The summed E-state index contributed by atoms with van der Waals surface area (Å²) < 4.78 is 1.76. The summed E-state index contributed by atoms with van der Waals surface area (Å²) in [5.41, 5.74) is 0. The van der Waals surface area contributed by atoms with Gasteiger partial charge in [0.25, 0.3) is 0 Å². The fraction of sp³-hybridized carbons (Fsp3) is 0.556. The Morgan fingerprint density at radius 3 is 3.07 bits per heavy atom. The van der Waals surface area contributed by atoms with Crippen molar-refractivity contribution in [3.8, 4) is 0 Å². The number of nitrogens with one attached hydrogen (secondary N) is 1. The highest BCUT2D eigenvalue weighted by molar-refractivity contribution is 6.30. The lowest BCUT2D eigenvalue weighted by Crippen LogP contribution is -2.24. The van der Waals surface area contributed by atoms with Gasteiger partial charge in [-0.15, -0.1) is 0 Å². The van der Waals surface area contributed by atoms with Crippen LogP contribution in [0.1, 0.15) is 19.8 Å². The zero-order valence-electron chi connectivity index (χ0n) is 8.16. The molecule has 0 unspecified atom stereocenters. The number of nitrogens with zero attached hydrogens (tertiary/aromatic N) is 2. The first-order valence-corrected chi connectivity index (χ1v) is 5.05. The summed E-state index contributed by atoms with van der Waals surface area (Å²) in [6.07, 6.45) is 4.77. The Morgan fingerprint density at radius 1 is 1.71 bits per heavy atom. The van der Waals surface area contributed by atoms with Crippen molar-refractivity contribution in [3.63, 3.8) is 0 Å². The number of aryl methyl sites for hydroxylation is 1. The first-order valence-electron chi connectivity index (χ1n) is 4.67. The normalized spacial score (nSPS) is 10.1. The van der Waals surface area contributed by atoms with Crippen LogP contribution in [-0.4, -0.2) is 22.2 Å². The second-order valence-electron chi connectivity index (χ2n) is 2.98. The molecule has 0 atom stereocenters. The minimum atomic E-state index is 0.0866. The molecule has 4 nitrogen and oxygen atoms in total. The molecule has 78 valence electrons. The predicted molar refractivity (Wildman–Crippen MR) is 55.2 cm³/mol. The lowest BCUT2D eigenvalue weighted by atomic mass is 10.4. The van der Waals surface area contributed by atoms with E-state index in [1.165, 1.54) is 0 Å². The van der Waals surface area contributed by atoms with Gasteiger partial charge < -0.3 is 5.32 Å². The highest BCUT2D eigenvalue weighted by Crippen LogP contribution is 2.04. The maximum absolute atomic E-state index is 10.9. The van der Waals surface area contributed by atoms with Crippen molar-refractivity contribution in [2.75, 3.05) is 6.54 Å². The number of aromatic nitrogens is 2. The minimum Gasteiger partial charge on any atom is -0.356 e. The summed E-state index contributed by atoms with van der Waals surface area (Å²) >= 11 is 5.69. The summed E-state index contributed by atoms with van der Waals surface area (Å²) in [5, 5.41) is 7.46. The number of hydrogen-bond donors (Lipinski definition) is 1. The third-order valence-electron chi connectivity index (χ3n) is 1.81. The Kier molecular flexibility index (Phi) is 4.46. The van der Waals surface area contributed by atoms with Crippen molar-refractivity contribution in [1.29, 1.82) is 0 Å². The van der Waals surface area contributed by atoms with Crippen molar-refractivity contribution in [3.05, 3.63) is 17.4 Å². The van der Waals surface area contributed by atoms with Crippen LogP contribution in [0.25, 0.3) is 0 Å². The first-order chi connectivity index (χ1) is 6.72. The number of hydrogen-bond acceptors (Lipinski definition) is 2. The van der Waals surface area contributed by atoms with Gasteiger partial charge in [-0.1, -0.05) is 18.5 Å². The maximum atomic E-state index is 10.9. The van der Waals surface area contributed by atoms with E-state index in [0.717, 1.165) is 13.0 Å². The predicted octanol–water partition coefficient (Wildman–Crippen LogP) is 1.45. The Hall–Kier alpha value is -1.03. The molecular formula is C9H14ClN3O. The number of carbonyl (C=O) groups excluding carboxylic acids is 1. The van der Waals surface area contributed by atoms with Gasteiger partial charge in [-0.05, 0) is 6.42 Å². The van der Waals surface area contributed by atoms with Gasteiger partial charge in [0, 0.05) is 25.7 Å². The van der Waals surface area contributed by atoms with Crippen LogP contribution in [0.3, 0.4) is 0 Å². The number of halogens is 1. The molecule has 0 aliphatic rings. The largest absolute Gasteiger partial charge is 0.356 e. The van der Waals surface area contributed by atoms with Crippen LogP contribution in [0.15, 0.2) is 12.4 Å². The molecule has 1 N–H and O–H groups in total. The van der Waals surface area contributed by atoms with Crippen molar-refractivity contribution in [1.82, 2.24) is 15.1 Å². The van der Waals surface area contributed by atoms with Gasteiger partial charge in [0.1, 0.15) is 0 Å². The van der Waals surface area contributed by atoms with Crippen LogP contribution >= 0.6 is 11.6 Å². The standard InChI is InChI=1S/C9H14ClN3O/c1-2-9(14)11-4-3-5-13-7-8(10)6-12-13/h6-7H,2-5H2,1H3,(H,11,14). The van der Waals surface area contributed by atoms with Gasteiger partial charge in [-0.25, -0.2) is 0 Å². The van der Waals surface area contributed by atoms with Crippen LogP contribution in [0, 0.1) is 0 Å². The molecule has 1 amide bonds. The van der Waals surface area contributed by atoms with Crippen molar-refractivity contribution >= 4 is 17.5 Å². The molecule has 0 aliphatic carbocycles. The fourth-order valence-electron chi connectivity index (χ4n) is 1.05. The molecular weight excluding hydrogens is 202 g/mol. The maximum Gasteiger partial charge on any atom is 0.219 e. The molecule has 1 heterocycles. The van der Waals surface area contributed by atoms with E-state index in [-0.39, 0.29) is 5.91 Å². The summed E-state index contributed by atoms with van der Waals surface area (Å²) in [6.45, 7) is 3.30. The van der Waals surface area contributed by atoms with Gasteiger partial charge in [0.15, 0.2) is 0 Å². The SMILES string of the molecule is CCC(=O)NCCCn1cc(Cl)cn1. The minimum absolute atomic E-state index is 0.0866. The molecule has 0 saturated carbocycles. The summed E-state index contributed by atoms with van der Waals surface area (Å²) in [6, 6.07) is 0. The molecule has 0 spiro atoms. The molecule has 0 saturated heterocycles. The highest BCUT2D eigenvalue weighted by atomic mass is 35.5. The van der Waals surface area contributed by atoms with E-state index < -0.39 is 0 Å². The highest BCUT2D eigenvalue weighted by Gasteiger charge is 1.97. The van der Waals surface area contributed by atoms with Crippen LogP contribution < -0.4 is 5.32 Å². The van der Waals surface area contributed by atoms with Gasteiger partial charge in [-0.2, -0.15) is 5.10 Å². The topological polar surface area (TPSA) is 46.9 Å². The fourth-order valence-corrected chi connectivity index (χ4v) is 1.21. The van der Waals surface area contributed by atoms with E-state index >= 15 is 0 Å².